The van der Waals surface area contributed by atoms with E-state index in [4.69, 9.17) is 4.74 Å². The Labute approximate surface area is 111 Å². The lowest BCUT2D eigenvalue weighted by Crippen LogP contribution is -2.24. The van der Waals surface area contributed by atoms with Crippen LogP contribution in [0.4, 0.5) is 5.95 Å². The second-order valence-electron chi connectivity index (χ2n) is 4.11. The molecule has 17 heavy (non-hydrogen) atoms. The summed E-state index contributed by atoms with van der Waals surface area (Å²) in [5, 5.41) is 0. The summed E-state index contributed by atoms with van der Waals surface area (Å²) in [4.78, 5) is 12.8. The number of aromatic nitrogens is 2. The topological polar surface area (TPSA) is 41.5 Å². The molecule has 5 nitrogen and oxygen atoms in total. The number of ether oxygens (including phenoxy) is 1. The van der Waals surface area contributed by atoms with Gasteiger partial charge in [0.25, 0.3) is 0 Å². The van der Waals surface area contributed by atoms with Crippen molar-refractivity contribution in [3.05, 3.63) is 10.7 Å². The monoisotopic (exact) mass is 302 g/mol. The van der Waals surface area contributed by atoms with Crippen molar-refractivity contribution >= 4 is 21.9 Å². The minimum absolute atomic E-state index is 0.564. The number of halogens is 1. The van der Waals surface area contributed by atoms with Gasteiger partial charge in [-0.15, -0.1) is 0 Å². The highest BCUT2D eigenvalue weighted by Crippen LogP contribution is 2.22. The van der Waals surface area contributed by atoms with Crippen LogP contribution in [-0.4, -0.2) is 56.2 Å². The van der Waals surface area contributed by atoms with Crippen molar-refractivity contribution in [2.45, 2.75) is 6.42 Å². The molecule has 0 aromatic carbocycles. The average molecular weight is 303 g/mol. The highest BCUT2D eigenvalue weighted by atomic mass is 79.9. The fraction of sp³-hybridized carbons (Fsp3) is 0.636. The molecule has 0 saturated carbocycles. The van der Waals surface area contributed by atoms with E-state index in [1.165, 1.54) is 0 Å². The quantitative estimate of drug-likeness (QED) is 0.799. The maximum absolute atomic E-state index is 5.15. The molecule has 1 rings (SSSR count). The number of anilines is 1. The molecule has 6 heteroatoms. The largest absolute Gasteiger partial charge is 0.480 e. The zero-order valence-corrected chi connectivity index (χ0v) is 12.4. The van der Waals surface area contributed by atoms with Crippen LogP contribution in [0.3, 0.4) is 0 Å². The molecule has 0 aliphatic carbocycles. The molecule has 1 aromatic rings. The molecule has 0 unspecified atom stereocenters. The van der Waals surface area contributed by atoms with Crippen LogP contribution in [0.15, 0.2) is 10.7 Å². The summed E-state index contributed by atoms with van der Waals surface area (Å²) < 4.78 is 5.91. The van der Waals surface area contributed by atoms with Gasteiger partial charge in [0.2, 0.25) is 11.8 Å². The van der Waals surface area contributed by atoms with Crippen molar-refractivity contribution in [1.82, 2.24) is 14.9 Å². The number of hydrogen-bond donors (Lipinski definition) is 0. The normalized spacial score (nSPS) is 10.7. The van der Waals surface area contributed by atoms with Crippen molar-refractivity contribution in [2.24, 2.45) is 0 Å². The SMILES string of the molecule is COc1nc(N(C)CCCN(C)C)ncc1Br. The Bertz CT molecular complexity index is 359. The first kappa shape index (κ1) is 14.2. The van der Waals surface area contributed by atoms with Crippen LogP contribution in [0.25, 0.3) is 0 Å². The lowest BCUT2D eigenvalue weighted by atomic mass is 10.4. The first-order valence-corrected chi connectivity index (χ1v) is 6.26. The Hall–Kier alpha value is -0.880. The van der Waals surface area contributed by atoms with Gasteiger partial charge in [0, 0.05) is 13.6 Å². The van der Waals surface area contributed by atoms with Gasteiger partial charge in [0.05, 0.1) is 17.8 Å². The highest BCUT2D eigenvalue weighted by Gasteiger charge is 2.08. The van der Waals surface area contributed by atoms with Gasteiger partial charge in [-0.05, 0) is 43.0 Å². The summed E-state index contributed by atoms with van der Waals surface area (Å²) in [5.41, 5.74) is 0. The van der Waals surface area contributed by atoms with Crippen LogP contribution in [0.5, 0.6) is 5.88 Å². The molecule has 0 fully saturated rings. The highest BCUT2D eigenvalue weighted by molar-refractivity contribution is 9.10. The lowest BCUT2D eigenvalue weighted by molar-refractivity contribution is 0.392. The van der Waals surface area contributed by atoms with Crippen molar-refractivity contribution < 1.29 is 4.74 Å². The first-order chi connectivity index (χ1) is 8.04. The van der Waals surface area contributed by atoms with Crippen LogP contribution in [0.2, 0.25) is 0 Å². The number of methoxy groups -OCH3 is 1. The van der Waals surface area contributed by atoms with E-state index in [0.29, 0.717) is 11.8 Å². The third kappa shape index (κ3) is 4.47. The molecule has 0 bridgehead atoms. The molecule has 0 N–H and O–H groups in total. The van der Waals surface area contributed by atoms with Crippen LogP contribution in [-0.2, 0) is 0 Å². The standard InChI is InChI=1S/C11H19BrN4O/c1-15(2)6-5-7-16(3)11-13-8-9(12)10(14-11)17-4/h8H,5-7H2,1-4H3. The molecular formula is C11H19BrN4O. The molecule has 0 radical (unpaired) electrons. The fourth-order valence-corrected chi connectivity index (χ4v) is 1.75. The van der Waals surface area contributed by atoms with E-state index in [1.54, 1.807) is 13.3 Å². The van der Waals surface area contributed by atoms with Crippen LogP contribution < -0.4 is 9.64 Å². The van der Waals surface area contributed by atoms with Crippen LogP contribution in [0.1, 0.15) is 6.42 Å². The molecule has 96 valence electrons. The Kier molecular flexibility index (Phi) is 5.64. The van der Waals surface area contributed by atoms with E-state index in [9.17, 15) is 0 Å². The number of rotatable bonds is 6. The number of nitrogens with zero attached hydrogens (tertiary/aromatic N) is 4. The van der Waals surface area contributed by atoms with Gasteiger partial charge >= 0.3 is 0 Å². The van der Waals surface area contributed by atoms with Gasteiger partial charge < -0.3 is 14.5 Å². The second-order valence-corrected chi connectivity index (χ2v) is 4.96. The van der Waals surface area contributed by atoms with Crippen LogP contribution in [0, 0.1) is 0 Å². The summed E-state index contributed by atoms with van der Waals surface area (Å²) in [6, 6.07) is 0. The Balaban J connectivity index is 2.59. The van der Waals surface area contributed by atoms with Crippen molar-refractivity contribution in [1.29, 1.82) is 0 Å². The maximum atomic E-state index is 5.15. The van der Waals surface area contributed by atoms with Gasteiger partial charge in [0.1, 0.15) is 0 Å². The third-order valence-corrected chi connectivity index (χ3v) is 2.88. The molecule has 0 atom stereocenters. The molecular weight excluding hydrogens is 284 g/mol. The average Bonchev–Trinajstić information content (AvgIpc) is 2.29. The molecule has 0 spiro atoms. The summed E-state index contributed by atoms with van der Waals surface area (Å²) in [7, 11) is 7.72. The fourth-order valence-electron chi connectivity index (χ4n) is 1.39. The lowest BCUT2D eigenvalue weighted by Gasteiger charge is -2.18. The van der Waals surface area contributed by atoms with Crippen LogP contribution >= 0.6 is 15.9 Å². The van der Waals surface area contributed by atoms with Crippen molar-refractivity contribution in [3.8, 4) is 5.88 Å². The van der Waals surface area contributed by atoms with E-state index in [0.717, 1.165) is 24.0 Å². The van der Waals surface area contributed by atoms with Gasteiger partial charge in [0.15, 0.2) is 0 Å². The third-order valence-electron chi connectivity index (χ3n) is 2.33. The first-order valence-electron chi connectivity index (χ1n) is 5.47. The summed E-state index contributed by atoms with van der Waals surface area (Å²) in [6.07, 6.45) is 2.79. The van der Waals surface area contributed by atoms with Crippen molar-refractivity contribution in [2.75, 3.05) is 46.2 Å². The maximum Gasteiger partial charge on any atom is 0.232 e. The molecule has 0 aliphatic rings. The van der Waals surface area contributed by atoms with E-state index < -0.39 is 0 Å². The van der Waals surface area contributed by atoms with Gasteiger partial charge in [-0.25, -0.2) is 4.98 Å². The zero-order valence-electron chi connectivity index (χ0n) is 10.8. The van der Waals surface area contributed by atoms with E-state index >= 15 is 0 Å². The van der Waals surface area contributed by atoms with Gasteiger partial charge in [-0.1, -0.05) is 0 Å². The summed E-state index contributed by atoms with van der Waals surface area (Å²) in [5.74, 6) is 1.25. The predicted octanol–water partition coefficient (Wildman–Crippen LogP) is 1.64. The Morgan fingerprint density at radius 3 is 2.59 bits per heavy atom. The van der Waals surface area contributed by atoms with Crippen molar-refractivity contribution in [3.63, 3.8) is 0 Å². The van der Waals surface area contributed by atoms with Gasteiger partial charge in [-0.3, -0.25) is 0 Å². The van der Waals surface area contributed by atoms with Gasteiger partial charge in [-0.2, -0.15) is 4.98 Å². The summed E-state index contributed by atoms with van der Waals surface area (Å²) >= 11 is 3.34. The van der Waals surface area contributed by atoms with E-state index in [1.807, 2.05) is 11.9 Å². The minimum Gasteiger partial charge on any atom is -0.480 e. The second kappa shape index (κ2) is 6.76. The molecule has 0 amide bonds. The Morgan fingerprint density at radius 1 is 1.29 bits per heavy atom. The minimum atomic E-state index is 0.564. The predicted molar refractivity (Wildman–Crippen MR) is 72.7 cm³/mol. The molecule has 0 aliphatic heterocycles. The smallest absolute Gasteiger partial charge is 0.232 e. The Morgan fingerprint density at radius 2 is 2.00 bits per heavy atom. The van der Waals surface area contributed by atoms with E-state index in [2.05, 4.69) is 44.9 Å². The summed E-state index contributed by atoms with van der Waals surface area (Å²) in [6.45, 7) is 1.97. The molecule has 0 saturated heterocycles. The van der Waals surface area contributed by atoms with E-state index in [-0.39, 0.29) is 0 Å². The number of hydrogen-bond acceptors (Lipinski definition) is 5. The molecule has 1 heterocycles. The zero-order chi connectivity index (χ0) is 12.8. The molecule has 1 aromatic heterocycles.